The van der Waals surface area contributed by atoms with Crippen LogP contribution in [-0.4, -0.2) is 41.2 Å². The molecule has 0 bridgehead atoms. The molecular weight excluding hydrogens is 488 g/mol. The number of nitrogens with zero attached hydrogens (tertiary/aromatic N) is 3. The molecule has 2 heterocycles. The van der Waals surface area contributed by atoms with Crippen molar-refractivity contribution >= 4 is 15.9 Å². The third-order valence-corrected chi connectivity index (χ3v) is 7.00. The van der Waals surface area contributed by atoms with E-state index in [1.807, 2.05) is 0 Å². The third kappa shape index (κ3) is 6.61. The molecule has 1 amide bonds. The Bertz CT molecular complexity index is 1280. The van der Waals surface area contributed by atoms with Crippen LogP contribution in [0.3, 0.4) is 0 Å². The van der Waals surface area contributed by atoms with Gasteiger partial charge in [-0.3, -0.25) is 14.8 Å². The van der Waals surface area contributed by atoms with Gasteiger partial charge in [0.15, 0.2) is 0 Å². The van der Waals surface area contributed by atoms with Gasteiger partial charge >= 0.3 is 6.18 Å². The summed E-state index contributed by atoms with van der Waals surface area (Å²) in [5.74, 6) is -1.15. The van der Waals surface area contributed by atoms with Crippen molar-refractivity contribution in [3.05, 3.63) is 78.0 Å². The number of halogens is 4. The quantitative estimate of drug-likeness (QED) is 0.463. The Labute approximate surface area is 199 Å². The standard InChI is InChI=1S/C23H22F4N4O3S/c1-15(2)31(35(33,34)19-6-4-18(24)5-7-19)14-22(32)30-12-16-9-10-28-20(11-16)17-3-8-21(29-13-17)23(25,26)27/h3-11,13,15H,12,14H2,1-2H3,(H,30,32). The van der Waals surface area contributed by atoms with Gasteiger partial charge in [-0.2, -0.15) is 17.5 Å². The predicted molar refractivity (Wildman–Crippen MR) is 120 cm³/mol. The molecule has 12 heteroatoms. The second kappa shape index (κ2) is 10.5. The van der Waals surface area contributed by atoms with Crippen molar-refractivity contribution in [3.8, 4) is 11.3 Å². The number of nitrogens with one attached hydrogen (secondary N) is 1. The molecule has 0 radical (unpaired) electrons. The van der Waals surface area contributed by atoms with E-state index in [4.69, 9.17) is 0 Å². The van der Waals surface area contributed by atoms with Gasteiger partial charge in [0.1, 0.15) is 11.5 Å². The monoisotopic (exact) mass is 510 g/mol. The highest BCUT2D eigenvalue weighted by molar-refractivity contribution is 7.89. The fourth-order valence-electron chi connectivity index (χ4n) is 3.14. The molecule has 0 fully saturated rings. The van der Waals surface area contributed by atoms with E-state index in [1.165, 1.54) is 12.3 Å². The number of rotatable bonds is 8. The SMILES string of the molecule is CC(C)N(CC(=O)NCc1ccnc(-c2ccc(C(F)(F)F)nc2)c1)S(=O)(=O)c1ccc(F)cc1. The summed E-state index contributed by atoms with van der Waals surface area (Å²) in [7, 11) is -4.04. The summed E-state index contributed by atoms with van der Waals surface area (Å²) < 4.78 is 78.2. The van der Waals surface area contributed by atoms with Crippen molar-refractivity contribution in [1.82, 2.24) is 19.6 Å². The van der Waals surface area contributed by atoms with E-state index < -0.39 is 46.2 Å². The summed E-state index contributed by atoms with van der Waals surface area (Å²) in [5, 5.41) is 2.63. The topological polar surface area (TPSA) is 92.3 Å². The summed E-state index contributed by atoms with van der Waals surface area (Å²) in [6.07, 6.45) is -2.05. The fourth-order valence-corrected chi connectivity index (χ4v) is 4.73. The Morgan fingerprint density at radius 3 is 2.31 bits per heavy atom. The van der Waals surface area contributed by atoms with E-state index in [-0.39, 0.29) is 11.4 Å². The van der Waals surface area contributed by atoms with Gasteiger partial charge in [0.05, 0.1) is 17.1 Å². The molecule has 7 nitrogen and oxygen atoms in total. The van der Waals surface area contributed by atoms with E-state index in [0.717, 1.165) is 40.8 Å². The number of amides is 1. The normalized spacial score (nSPS) is 12.2. The Hall–Kier alpha value is -3.38. The summed E-state index contributed by atoms with van der Waals surface area (Å²) in [4.78, 5) is 19.9. The van der Waals surface area contributed by atoms with Crippen LogP contribution < -0.4 is 5.32 Å². The van der Waals surface area contributed by atoms with Crippen LogP contribution in [0.15, 0.2) is 65.8 Å². The predicted octanol–water partition coefficient (Wildman–Crippen LogP) is 4.02. The molecule has 0 atom stereocenters. The second-order valence-corrected chi connectivity index (χ2v) is 9.74. The van der Waals surface area contributed by atoms with Gasteiger partial charge in [-0.1, -0.05) is 0 Å². The van der Waals surface area contributed by atoms with Crippen molar-refractivity contribution in [1.29, 1.82) is 0 Å². The van der Waals surface area contributed by atoms with E-state index in [0.29, 0.717) is 16.8 Å². The number of sulfonamides is 1. The minimum absolute atomic E-state index is 0.0327. The number of aromatic nitrogens is 2. The molecule has 0 spiro atoms. The summed E-state index contributed by atoms with van der Waals surface area (Å²) >= 11 is 0. The Morgan fingerprint density at radius 2 is 1.74 bits per heavy atom. The molecule has 3 aromatic rings. The number of alkyl halides is 3. The van der Waals surface area contributed by atoms with E-state index >= 15 is 0 Å². The molecule has 0 aliphatic rings. The average Bonchev–Trinajstić information content (AvgIpc) is 2.81. The molecule has 0 saturated heterocycles. The lowest BCUT2D eigenvalue weighted by molar-refractivity contribution is -0.141. The first-order chi connectivity index (χ1) is 16.4. The zero-order valence-corrected chi connectivity index (χ0v) is 19.6. The second-order valence-electron chi connectivity index (χ2n) is 7.85. The van der Waals surface area contributed by atoms with Crippen LogP contribution in [0.4, 0.5) is 17.6 Å². The highest BCUT2D eigenvalue weighted by atomic mass is 32.2. The molecular formula is C23H22F4N4O3S. The fraction of sp³-hybridized carbons (Fsp3) is 0.261. The lowest BCUT2D eigenvalue weighted by Gasteiger charge is -2.25. The molecule has 186 valence electrons. The van der Waals surface area contributed by atoms with Gasteiger partial charge < -0.3 is 5.32 Å². The van der Waals surface area contributed by atoms with Crippen LogP contribution >= 0.6 is 0 Å². The maximum Gasteiger partial charge on any atom is 0.433 e. The van der Waals surface area contributed by atoms with Crippen molar-refractivity contribution < 1.29 is 30.8 Å². The lowest BCUT2D eigenvalue weighted by atomic mass is 10.1. The molecule has 35 heavy (non-hydrogen) atoms. The molecule has 3 rings (SSSR count). The Balaban J connectivity index is 1.68. The van der Waals surface area contributed by atoms with Crippen LogP contribution in [0.5, 0.6) is 0 Å². The largest absolute Gasteiger partial charge is 0.433 e. The third-order valence-electron chi connectivity index (χ3n) is 4.96. The average molecular weight is 511 g/mol. The molecule has 0 aliphatic heterocycles. The highest BCUT2D eigenvalue weighted by Crippen LogP contribution is 2.28. The van der Waals surface area contributed by atoms with Gasteiger partial charge in [-0.15, -0.1) is 0 Å². The molecule has 0 unspecified atom stereocenters. The van der Waals surface area contributed by atoms with Gasteiger partial charge in [-0.25, -0.2) is 12.8 Å². The van der Waals surface area contributed by atoms with Crippen LogP contribution in [0.25, 0.3) is 11.3 Å². The molecule has 1 aromatic carbocycles. The highest BCUT2D eigenvalue weighted by Gasteiger charge is 2.32. The van der Waals surface area contributed by atoms with Crippen LogP contribution in [-0.2, 0) is 27.5 Å². The van der Waals surface area contributed by atoms with E-state index in [9.17, 15) is 30.8 Å². The number of carbonyl (C=O) groups is 1. The summed E-state index contributed by atoms with van der Waals surface area (Å²) in [5.41, 5.74) is 0.305. The lowest BCUT2D eigenvalue weighted by Crippen LogP contribution is -2.44. The van der Waals surface area contributed by atoms with E-state index in [1.54, 1.807) is 26.0 Å². The minimum atomic E-state index is -4.55. The van der Waals surface area contributed by atoms with Crippen molar-refractivity contribution in [2.45, 2.75) is 37.5 Å². The number of pyridine rings is 2. The molecule has 0 aliphatic carbocycles. The zero-order chi connectivity index (χ0) is 25.8. The van der Waals surface area contributed by atoms with Gasteiger partial charge in [0, 0.05) is 30.5 Å². The first-order valence-corrected chi connectivity index (χ1v) is 11.8. The number of hydrogen-bond donors (Lipinski definition) is 1. The van der Waals surface area contributed by atoms with E-state index in [2.05, 4.69) is 15.3 Å². The van der Waals surface area contributed by atoms with Gasteiger partial charge in [0.2, 0.25) is 15.9 Å². The number of hydrogen-bond acceptors (Lipinski definition) is 5. The van der Waals surface area contributed by atoms with Gasteiger partial charge in [0.25, 0.3) is 0 Å². The van der Waals surface area contributed by atoms with Crippen LogP contribution in [0, 0.1) is 5.82 Å². The molecule has 0 saturated carbocycles. The number of carbonyl (C=O) groups excluding carboxylic acids is 1. The zero-order valence-electron chi connectivity index (χ0n) is 18.8. The summed E-state index contributed by atoms with van der Waals surface area (Å²) in [6.45, 7) is 2.80. The Kier molecular flexibility index (Phi) is 7.86. The molecule has 2 aromatic heterocycles. The Morgan fingerprint density at radius 1 is 1.06 bits per heavy atom. The van der Waals surface area contributed by atoms with Crippen molar-refractivity contribution in [2.75, 3.05) is 6.54 Å². The summed E-state index contributed by atoms with van der Waals surface area (Å²) in [6, 6.07) is 9.07. The first-order valence-electron chi connectivity index (χ1n) is 10.4. The minimum Gasteiger partial charge on any atom is -0.351 e. The van der Waals surface area contributed by atoms with Gasteiger partial charge in [-0.05, 0) is 67.9 Å². The smallest absolute Gasteiger partial charge is 0.351 e. The van der Waals surface area contributed by atoms with Crippen LogP contribution in [0.2, 0.25) is 0 Å². The maximum absolute atomic E-state index is 13.2. The van der Waals surface area contributed by atoms with Crippen molar-refractivity contribution in [2.24, 2.45) is 0 Å². The maximum atomic E-state index is 13.2. The molecule has 1 N–H and O–H groups in total. The van der Waals surface area contributed by atoms with Crippen LogP contribution in [0.1, 0.15) is 25.1 Å². The van der Waals surface area contributed by atoms with Crippen molar-refractivity contribution in [3.63, 3.8) is 0 Å². The first kappa shape index (κ1) is 26.2. The number of benzene rings is 1.